The molecule has 0 aliphatic heterocycles. The first-order valence-electron chi connectivity index (χ1n) is 8.79. The summed E-state index contributed by atoms with van der Waals surface area (Å²) in [7, 11) is 0. The van der Waals surface area contributed by atoms with Crippen LogP contribution in [0.3, 0.4) is 0 Å². The second-order valence-electron chi connectivity index (χ2n) is 6.08. The highest BCUT2D eigenvalue weighted by Crippen LogP contribution is 2.27. The van der Waals surface area contributed by atoms with Gasteiger partial charge in [0.25, 0.3) is 0 Å². The molecule has 0 saturated heterocycles. The van der Waals surface area contributed by atoms with Crippen LogP contribution in [0.4, 0.5) is 11.4 Å². The highest BCUT2D eigenvalue weighted by molar-refractivity contribution is 5.83. The number of benzene rings is 4. The van der Waals surface area contributed by atoms with E-state index in [9.17, 15) is 0 Å². The lowest BCUT2D eigenvalue weighted by molar-refractivity contribution is 0.690. The third kappa shape index (κ3) is 4.30. The van der Waals surface area contributed by atoms with Gasteiger partial charge in [0, 0.05) is 5.56 Å². The summed E-state index contributed by atoms with van der Waals surface area (Å²) in [6.45, 7) is 0. The minimum Gasteiger partial charge on any atom is -0.154 e. The van der Waals surface area contributed by atoms with Crippen molar-refractivity contribution in [3.05, 3.63) is 109 Å². The molecule has 0 aromatic heterocycles. The SMILES string of the molecule is c1ccc(N=NC(N=Nc2ccccc2)c2ccc3ccccc3c2)cc1. The Balaban J connectivity index is 1.69. The van der Waals surface area contributed by atoms with Crippen LogP contribution < -0.4 is 0 Å². The van der Waals surface area contributed by atoms with E-state index in [0.717, 1.165) is 22.3 Å². The van der Waals surface area contributed by atoms with Crippen molar-refractivity contribution in [3.63, 3.8) is 0 Å². The van der Waals surface area contributed by atoms with E-state index >= 15 is 0 Å². The second-order valence-corrected chi connectivity index (χ2v) is 6.08. The molecule has 0 saturated carbocycles. The number of rotatable bonds is 5. The quantitative estimate of drug-likeness (QED) is 0.337. The molecule has 130 valence electrons. The molecule has 0 radical (unpaired) electrons. The summed E-state index contributed by atoms with van der Waals surface area (Å²) >= 11 is 0. The molecule has 4 heteroatoms. The van der Waals surface area contributed by atoms with E-state index < -0.39 is 6.17 Å². The van der Waals surface area contributed by atoms with Gasteiger partial charge in [-0.2, -0.15) is 20.5 Å². The molecule has 0 fully saturated rings. The maximum atomic E-state index is 4.45. The van der Waals surface area contributed by atoms with Crippen LogP contribution in [-0.4, -0.2) is 0 Å². The lowest BCUT2D eigenvalue weighted by atomic mass is 10.1. The third-order valence-corrected chi connectivity index (χ3v) is 4.15. The fourth-order valence-electron chi connectivity index (χ4n) is 2.76. The Bertz CT molecular complexity index is 1020. The van der Waals surface area contributed by atoms with Gasteiger partial charge < -0.3 is 0 Å². The van der Waals surface area contributed by atoms with E-state index in [2.05, 4.69) is 44.7 Å². The van der Waals surface area contributed by atoms with Gasteiger partial charge in [-0.25, -0.2) is 0 Å². The van der Waals surface area contributed by atoms with Gasteiger partial charge in [0.15, 0.2) is 0 Å². The Hall–Kier alpha value is -3.66. The predicted octanol–water partition coefficient (Wildman–Crippen LogP) is 7.41. The third-order valence-electron chi connectivity index (χ3n) is 4.15. The molecule has 27 heavy (non-hydrogen) atoms. The van der Waals surface area contributed by atoms with Gasteiger partial charge in [0.2, 0.25) is 6.17 Å². The largest absolute Gasteiger partial charge is 0.206 e. The van der Waals surface area contributed by atoms with Crippen LogP contribution in [0.1, 0.15) is 11.7 Å². The van der Waals surface area contributed by atoms with Crippen molar-refractivity contribution >= 4 is 22.1 Å². The molecule has 0 N–H and O–H groups in total. The molecule has 4 aromatic carbocycles. The normalized spacial score (nSPS) is 12.7. The molecule has 4 nitrogen and oxygen atoms in total. The average Bonchev–Trinajstić information content (AvgIpc) is 2.75. The van der Waals surface area contributed by atoms with Crippen LogP contribution in [0.25, 0.3) is 10.8 Å². The fraction of sp³-hybridized carbons (Fsp3) is 0.0435. The Morgan fingerprint density at radius 3 is 1.59 bits per heavy atom. The van der Waals surface area contributed by atoms with E-state index in [4.69, 9.17) is 0 Å². The maximum absolute atomic E-state index is 4.45. The molecular formula is C23H18N4. The van der Waals surface area contributed by atoms with Gasteiger partial charge in [0.05, 0.1) is 11.4 Å². The van der Waals surface area contributed by atoms with Crippen molar-refractivity contribution in [2.75, 3.05) is 0 Å². The molecule has 0 spiro atoms. The van der Waals surface area contributed by atoms with Gasteiger partial charge >= 0.3 is 0 Å². The smallest absolute Gasteiger partial charge is 0.154 e. The van der Waals surface area contributed by atoms with Crippen molar-refractivity contribution in [2.45, 2.75) is 6.17 Å². The van der Waals surface area contributed by atoms with Crippen molar-refractivity contribution in [3.8, 4) is 0 Å². The lowest BCUT2D eigenvalue weighted by Crippen LogP contribution is -1.90. The molecule has 0 aliphatic carbocycles. The average molecular weight is 350 g/mol. The molecule has 0 aliphatic rings. The van der Waals surface area contributed by atoms with Crippen molar-refractivity contribution in [1.29, 1.82) is 0 Å². The number of fused-ring (bicyclic) bond motifs is 1. The minimum absolute atomic E-state index is 0.505. The van der Waals surface area contributed by atoms with E-state index in [1.54, 1.807) is 0 Å². The van der Waals surface area contributed by atoms with Gasteiger partial charge in [-0.1, -0.05) is 72.8 Å². The van der Waals surface area contributed by atoms with E-state index in [0.29, 0.717) is 0 Å². The van der Waals surface area contributed by atoms with Crippen LogP contribution in [-0.2, 0) is 0 Å². The van der Waals surface area contributed by atoms with Crippen LogP contribution >= 0.6 is 0 Å². The van der Waals surface area contributed by atoms with Crippen molar-refractivity contribution in [2.24, 2.45) is 20.5 Å². The first kappa shape index (κ1) is 16.8. The van der Waals surface area contributed by atoms with E-state index in [1.807, 2.05) is 78.9 Å². The zero-order valence-corrected chi connectivity index (χ0v) is 14.7. The number of hydrogen-bond donors (Lipinski definition) is 0. The summed E-state index contributed by atoms with van der Waals surface area (Å²) in [5.74, 6) is 0. The molecule has 0 bridgehead atoms. The Labute approximate surface area is 157 Å². The zero-order valence-electron chi connectivity index (χ0n) is 14.7. The number of hydrogen-bond acceptors (Lipinski definition) is 4. The molecule has 4 aromatic rings. The molecule has 0 atom stereocenters. The highest BCUT2D eigenvalue weighted by atomic mass is 15.3. The Morgan fingerprint density at radius 1 is 0.481 bits per heavy atom. The monoisotopic (exact) mass is 350 g/mol. The molecule has 0 amide bonds. The van der Waals surface area contributed by atoms with Gasteiger partial charge in [-0.3, -0.25) is 0 Å². The second kappa shape index (κ2) is 8.15. The van der Waals surface area contributed by atoms with Gasteiger partial charge in [-0.05, 0) is 41.1 Å². The predicted molar refractivity (Wildman–Crippen MR) is 109 cm³/mol. The van der Waals surface area contributed by atoms with E-state index in [-0.39, 0.29) is 0 Å². The zero-order chi connectivity index (χ0) is 18.3. The first-order valence-corrected chi connectivity index (χ1v) is 8.79. The molecule has 0 heterocycles. The lowest BCUT2D eigenvalue weighted by Gasteiger charge is -2.07. The van der Waals surface area contributed by atoms with Crippen molar-refractivity contribution < 1.29 is 0 Å². The van der Waals surface area contributed by atoms with Crippen LogP contribution in [0, 0.1) is 0 Å². The number of azo groups is 2. The standard InChI is InChI=1S/C23H18N4/c1-3-11-21(12-4-1)24-26-23(27-25-22-13-5-2-6-14-22)20-16-15-18-9-7-8-10-19(18)17-20/h1-17,23H. The summed E-state index contributed by atoms with van der Waals surface area (Å²) in [5, 5.41) is 19.9. The van der Waals surface area contributed by atoms with Crippen LogP contribution in [0.5, 0.6) is 0 Å². The summed E-state index contributed by atoms with van der Waals surface area (Å²) < 4.78 is 0. The van der Waals surface area contributed by atoms with E-state index in [1.165, 1.54) is 5.39 Å². The molecular weight excluding hydrogens is 332 g/mol. The van der Waals surface area contributed by atoms with Crippen LogP contribution in [0.2, 0.25) is 0 Å². The summed E-state index contributed by atoms with van der Waals surface area (Å²) in [4.78, 5) is 0. The summed E-state index contributed by atoms with van der Waals surface area (Å²) in [5.41, 5.74) is 2.53. The summed E-state index contributed by atoms with van der Waals surface area (Å²) in [6.07, 6.45) is -0.505. The highest BCUT2D eigenvalue weighted by Gasteiger charge is 2.10. The molecule has 4 rings (SSSR count). The Morgan fingerprint density at radius 2 is 1.00 bits per heavy atom. The fourth-order valence-corrected chi connectivity index (χ4v) is 2.76. The Kier molecular flexibility index (Phi) is 5.07. The van der Waals surface area contributed by atoms with Gasteiger partial charge in [-0.15, -0.1) is 0 Å². The summed E-state index contributed by atoms with van der Waals surface area (Å²) in [6, 6.07) is 33.7. The van der Waals surface area contributed by atoms with Crippen LogP contribution in [0.15, 0.2) is 124 Å². The first-order chi connectivity index (χ1) is 13.4. The van der Waals surface area contributed by atoms with Gasteiger partial charge in [0.1, 0.15) is 0 Å². The maximum Gasteiger partial charge on any atom is 0.206 e. The van der Waals surface area contributed by atoms with Crippen molar-refractivity contribution in [1.82, 2.24) is 0 Å². The minimum atomic E-state index is -0.505. The topological polar surface area (TPSA) is 49.4 Å². The molecule has 0 unspecified atom stereocenters. The number of nitrogens with zero attached hydrogens (tertiary/aromatic N) is 4.